The molecule has 6 rings (SSSR count). The Morgan fingerprint density at radius 3 is 2.00 bits per heavy atom. The van der Waals surface area contributed by atoms with Crippen LogP contribution in [0.15, 0.2) is 109 Å². The summed E-state index contributed by atoms with van der Waals surface area (Å²) in [5.41, 5.74) is 5.17. The van der Waals surface area contributed by atoms with Crippen LogP contribution in [0, 0.1) is 20.2 Å². The van der Waals surface area contributed by atoms with Gasteiger partial charge < -0.3 is 19.5 Å². The summed E-state index contributed by atoms with van der Waals surface area (Å²) in [5, 5.41) is 27.8. The smallest absolute Gasteiger partial charge is 0.341 e. The molecular formula is C40H34N4O12. The minimum absolute atomic E-state index is 0.0513. The van der Waals surface area contributed by atoms with Crippen LogP contribution in [-0.4, -0.2) is 49.2 Å². The van der Waals surface area contributed by atoms with Crippen molar-refractivity contribution in [3.8, 4) is 11.5 Å². The molecule has 0 bridgehead atoms. The molecule has 0 aliphatic heterocycles. The van der Waals surface area contributed by atoms with Crippen molar-refractivity contribution in [2.24, 2.45) is 0 Å². The molecule has 0 saturated heterocycles. The number of benzene rings is 6. The monoisotopic (exact) mass is 762 g/mol. The summed E-state index contributed by atoms with van der Waals surface area (Å²) >= 11 is 0. The number of nitrogens with one attached hydrogen (secondary N) is 2. The third-order valence-electron chi connectivity index (χ3n) is 8.42. The van der Waals surface area contributed by atoms with E-state index in [0.717, 1.165) is 16.3 Å². The number of ether oxygens (including phenoxy) is 3. The van der Waals surface area contributed by atoms with Crippen LogP contribution >= 0.6 is 0 Å². The van der Waals surface area contributed by atoms with Gasteiger partial charge in [-0.05, 0) is 81.7 Å². The van der Waals surface area contributed by atoms with Gasteiger partial charge in [-0.3, -0.25) is 35.3 Å². The van der Waals surface area contributed by atoms with Gasteiger partial charge in [-0.25, -0.2) is 14.6 Å². The SMILES string of the molecule is COOCc1cc2cc(CONc3cccc([N+](=O)[O-])c3)ccc2cc1OCCOc1cc2ccc(C(=O)Nc3cccc([N+](=O)[O-])c3)cc2cc1C(=O)OC. The molecule has 16 heteroatoms. The van der Waals surface area contributed by atoms with E-state index in [1.165, 1.54) is 44.6 Å². The van der Waals surface area contributed by atoms with Crippen LogP contribution < -0.4 is 20.3 Å². The number of anilines is 2. The topological polar surface area (TPSA) is 200 Å². The second-order valence-electron chi connectivity index (χ2n) is 12.1. The van der Waals surface area contributed by atoms with Crippen LogP contribution in [0.4, 0.5) is 22.7 Å². The lowest BCUT2D eigenvalue weighted by Gasteiger charge is -2.15. The summed E-state index contributed by atoms with van der Waals surface area (Å²) in [7, 11) is 2.65. The first-order chi connectivity index (χ1) is 27.1. The zero-order chi connectivity index (χ0) is 39.6. The molecule has 0 spiro atoms. The molecule has 1 amide bonds. The van der Waals surface area contributed by atoms with Gasteiger partial charge in [0.1, 0.15) is 36.9 Å². The predicted octanol–water partition coefficient (Wildman–Crippen LogP) is 7.93. The fourth-order valence-electron chi connectivity index (χ4n) is 5.73. The van der Waals surface area contributed by atoms with E-state index in [4.69, 9.17) is 28.8 Å². The fourth-order valence-corrected chi connectivity index (χ4v) is 5.73. The highest BCUT2D eigenvalue weighted by atomic mass is 17.2. The number of carbonyl (C=O) groups is 2. The van der Waals surface area contributed by atoms with Gasteiger partial charge in [0.05, 0.1) is 36.4 Å². The van der Waals surface area contributed by atoms with Crippen LogP contribution in [0.3, 0.4) is 0 Å². The maximum atomic E-state index is 13.0. The van der Waals surface area contributed by atoms with E-state index in [-0.39, 0.29) is 60.4 Å². The lowest BCUT2D eigenvalue weighted by Crippen LogP contribution is -2.13. The number of amides is 1. The van der Waals surface area contributed by atoms with Gasteiger partial charge in [-0.15, -0.1) is 0 Å². The van der Waals surface area contributed by atoms with Gasteiger partial charge in [0.2, 0.25) is 0 Å². The summed E-state index contributed by atoms with van der Waals surface area (Å²) in [4.78, 5) is 62.6. The Morgan fingerprint density at radius 2 is 1.30 bits per heavy atom. The van der Waals surface area contributed by atoms with Gasteiger partial charge in [0.25, 0.3) is 17.3 Å². The highest BCUT2D eigenvalue weighted by Gasteiger charge is 2.18. The molecule has 0 atom stereocenters. The minimum Gasteiger partial charge on any atom is -0.490 e. The van der Waals surface area contributed by atoms with Crippen LogP contribution in [0.5, 0.6) is 11.5 Å². The third-order valence-corrected chi connectivity index (χ3v) is 8.42. The maximum Gasteiger partial charge on any atom is 0.341 e. The first-order valence-corrected chi connectivity index (χ1v) is 16.9. The number of methoxy groups -OCH3 is 1. The lowest BCUT2D eigenvalue weighted by molar-refractivity contribution is -0.385. The quantitative estimate of drug-likeness (QED) is 0.0299. The molecule has 0 saturated carbocycles. The Labute approximate surface area is 318 Å². The van der Waals surface area contributed by atoms with Crippen LogP contribution in [0.1, 0.15) is 31.8 Å². The van der Waals surface area contributed by atoms with E-state index in [9.17, 15) is 29.8 Å². The average Bonchev–Trinajstić information content (AvgIpc) is 3.20. The maximum absolute atomic E-state index is 13.0. The van der Waals surface area contributed by atoms with E-state index < -0.39 is 21.7 Å². The van der Waals surface area contributed by atoms with Crippen molar-refractivity contribution in [1.29, 1.82) is 0 Å². The van der Waals surface area contributed by atoms with Gasteiger partial charge in [0.15, 0.2) is 0 Å². The van der Waals surface area contributed by atoms with E-state index >= 15 is 0 Å². The summed E-state index contributed by atoms with van der Waals surface area (Å²) in [6.07, 6.45) is 0. The van der Waals surface area contributed by atoms with E-state index in [2.05, 4.69) is 10.8 Å². The highest BCUT2D eigenvalue weighted by molar-refractivity contribution is 6.07. The zero-order valence-electron chi connectivity index (χ0n) is 30.0. The molecule has 56 heavy (non-hydrogen) atoms. The first kappa shape index (κ1) is 38.6. The molecule has 0 aliphatic rings. The first-order valence-electron chi connectivity index (χ1n) is 16.9. The van der Waals surface area contributed by atoms with Crippen molar-refractivity contribution < 1.29 is 48.3 Å². The molecule has 0 unspecified atom stereocenters. The Balaban J connectivity index is 1.12. The highest BCUT2D eigenvalue weighted by Crippen LogP contribution is 2.31. The van der Waals surface area contributed by atoms with Crippen LogP contribution in [-0.2, 0) is 32.6 Å². The molecule has 2 N–H and O–H groups in total. The second-order valence-corrected chi connectivity index (χ2v) is 12.1. The van der Waals surface area contributed by atoms with Crippen molar-refractivity contribution >= 4 is 56.2 Å². The molecule has 6 aromatic carbocycles. The number of hydrogen-bond donors (Lipinski definition) is 2. The fraction of sp³-hybridized carbons (Fsp3) is 0.150. The normalized spacial score (nSPS) is 10.9. The number of carbonyl (C=O) groups excluding carboxylic acids is 2. The number of hydrogen-bond acceptors (Lipinski definition) is 13. The van der Waals surface area contributed by atoms with Gasteiger partial charge in [0, 0.05) is 41.1 Å². The molecule has 0 radical (unpaired) electrons. The number of nitro benzene ring substituents is 2. The van der Waals surface area contributed by atoms with Gasteiger partial charge in [-0.2, -0.15) is 0 Å². The van der Waals surface area contributed by atoms with Gasteiger partial charge >= 0.3 is 5.97 Å². The second kappa shape index (κ2) is 17.8. The molecule has 0 aliphatic carbocycles. The van der Waals surface area contributed by atoms with Crippen LogP contribution in [0.25, 0.3) is 21.5 Å². The van der Waals surface area contributed by atoms with Crippen LogP contribution in [0.2, 0.25) is 0 Å². The standard InChI is InChI=1S/C40H34N4O12/c1-51-40(46)36-18-30-16-28(39(45)41-32-5-3-7-34(21-32)43(47)48)12-11-27(30)20-38(36)54-14-13-53-37-19-26-10-9-25(15-29(26)17-31(37)24-56-52-2)23-55-42-33-6-4-8-35(22-33)44(49)50/h3-12,15-22,42H,13-14,23-24H2,1-2H3,(H,41,45). The third kappa shape index (κ3) is 9.50. The minimum atomic E-state index is -0.646. The molecule has 0 fully saturated rings. The Kier molecular flexibility index (Phi) is 12.3. The average molecular weight is 763 g/mol. The Hall–Kier alpha value is -7.14. The molecule has 16 nitrogen and oxygen atoms in total. The Morgan fingerprint density at radius 1 is 0.661 bits per heavy atom. The molecule has 0 aromatic heterocycles. The number of nitrogens with zero attached hydrogens (tertiary/aromatic N) is 2. The van der Waals surface area contributed by atoms with E-state index in [0.29, 0.717) is 27.8 Å². The van der Waals surface area contributed by atoms with E-state index in [1.54, 1.807) is 48.5 Å². The van der Waals surface area contributed by atoms with E-state index in [1.807, 2.05) is 30.3 Å². The number of rotatable bonds is 17. The predicted molar refractivity (Wildman–Crippen MR) is 205 cm³/mol. The summed E-state index contributed by atoms with van der Waals surface area (Å²) in [6, 6.07) is 29.2. The number of esters is 1. The van der Waals surface area contributed by atoms with Gasteiger partial charge in [-0.1, -0.05) is 30.3 Å². The van der Waals surface area contributed by atoms with Crippen molar-refractivity contribution in [3.05, 3.63) is 152 Å². The number of fused-ring (bicyclic) bond motifs is 2. The molecule has 286 valence electrons. The molecule has 0 heterocycles. The van der Waals surface area contributed by atoms with Crippen molar-refractivity contribution in [1.82, 2.24) is 0 Å². The summed E-state index contributed by atoms with van der Waals surface area (Å²) < 4.78 is 17.1. The van der Waals surface area contributed by atoms with Crippen molar-refractivity contribution in [2.45, 2.75) is 13.2 Å². The van der Waals surface area contributed by atoms with Crippen molar-refractivity contribution in [2.75, 3.05) is 38.2 Å². The summed E-state index contributed by atoms with van der Waals surface area (Å²) in [6.45, 7) is 0.408. The largest absolute Gasteiger partial charge is 0.490 e. The van der Waals surface area contributed by atoms with Crippen molar-refractivity contribution in [3.63, 3.8) is 0 Å². The zero-order valence-corrected chi connectivity index (χ0v) is 30.0. The molecule has 6 aromatic rings. The lowest BCUT2D eigenvalue weighted by atomic mass is 10.0. The number of nitro groups is 2. The Bertz CT molecular complexity index is 2440. The number of non-ortho nitro benzene ring substituents is 2. The summed E-state index contributed by atoms with van der Waals surface area (Å²) in [5.74, 6) is -0.363. The molecular weight excluding hydrogens is 728 g/mol.